The molecule has 3 heterocycles. The molecule has 1 aliphatic rings. The first-order valence-corrected chi connectivity index (χ1v) is 17.7. The van der Waals surface area contributed by atoms with Crippen molar-refractivity contribution in [2.45, 2.75) is 40.0 Å². The van der Waals surface area contributed by atoms with E-state index in [-0.39, 0.29) is 5.43 Å². The lowest BCUT2D eigenvalue weighted by atomic mass is 9.99. The molecule has 4 heteroatoms. The molecule has 0 bridgehead atoms. The van der Waals surface area contributed by atoms with Crippen molar-refractivity contribution in [1.29, 1.82) is 0 Å². The Morgan fingerprint density at radius 3 is 2.16 bits per heavy atom. The third-order valence-corrected chi connectivity index (χ3v) is 10.1. The lowest BCUT2D eigenvalue weighted by molar-refractivity contribution is 0.660. The first kappa shape index (κ1) is 32.1. The Bertz CT molecular complexity index is 2740. The third-order valence-electron chi connectivity index (χ3n) is 10.1. The molecule has 8 rings (SSSR count). The predicted molar refractivity (Wildman–Crippen MR) is 219 cm³/mol. The van der Waals surface area contributed by atoms with Crippen molar-refractivity contribution in [3.8, 4) is 22.3 Å². The minimum Gasteiger partial charge on any atom is -0.456 e. The molecule has 0 unspecified atom stereocenters. The maximum absolute atomic E-state index is 13.8. The summed E-state index contributed by atoms with van der Waals surface area (Å²) in [5.41, 5.74) is 13.5. The number of fused-ring (bicyclic) bond motifs is 6. The summed E-state index contributed by atoms with van der Waals surface area (Å²) in [7, 11) is 0. The fourth-order valence-corrected chi connectivity index (χ4v) is 7.40. The van der Waals surface area contributed by atoms with Crippen LogP contribution in [0.4, 0.5) is 0 Å². The highest BCUT2D eigenvalue weighted by atomic mass is 16.3. The molecular formula is C47H40N2O2. The van der Waals surface area contributed by atoms with Crippen LogP contribution in [0.3, 0.4) is 0 Å². The summed E-state index contributed by atoms with van der Waals surface area (Å²) in [6.45, 7) is 10.1. The molecule has 1 N–H and O–H groups in total. The van der Waals surface area contributed by atoms with E-state index < -0.39 is 0 Å². The normalized spacial score (nSPS) is 14.3. The molecule has 1 aliphatic carbocycles. The molecule has 0 spiro atoms. The highest BCUT2D eigenvalue weighted by Crippen LogP contribution is 2.37. The molecule has 0 amide bonds. The van der Waals surface area contributed by atoms with Crippen LogP contribution in [-0.2, 0) is 0 Å². The zero-order valence-corrected chi connectivity index (χ0v) is 29.3. The highest BCUT2D eigenvalue weighted by molar-refractivity contribution is 6.00. The number of aryl methyl sites for hydroxylation is 1. The summed E-state index contributed by atoms with van der Waals surface area (Å²) in [5.74, 6) is 0. The number of aromatic nitrogens is 2. The van der Waals surface area contributed by atoms with Crippen LogP contribution in [0.5, 0.6) is 0 Å². The second-order valence-electron chi connectivity index (χ2n) is 13.2. The van der Waals surface area contributed by atoms with Crippen LogP contribution < -0.4 is 5.43 Å². The summed E-state index contributed by atoms with van der Waals surface area (Å²) >= 11 is 0. The number of nitrogens with zero attached hydrogens (tertiary/aromatic N) is 1. The minimum absolute atomic E-state index is 0.0224. The standard InChI is InChI=1S/C47H40N2O2/c1-5-8-14-35(7-3)49-43-17-13-11-10-12-15-36(43)40-27-32(21-25-44(40)49)34-19-23-38-46(29-34)51-45-28-33(18-22-37(45)47(38)50)31-20-24-42-39(26-31)30(4)41(48-42)16-9-6-2/h5-9,12-13,15-29,48H,2,10-11,14H2,1,3-4H3/b8-5-,15-12?,16-9-,17-13-,35-7+. The molecule has 4 aromatic carbocycles. The Morgan fingerprint density at radius 2 is 1.47 bits per heavy atom. The van der Waals surface area contributed by atoms with Gasteiger partial charge in [-0.25, -0.2) is 0 Å². The molecule has 0 radical (unpaired) electrons. The van der Waals surface area contributed by atoms with Crippen LogP contribution >= 0.6 is 0 Å². The number of H-pyrrole nitrogens is 1. The summed E-state index contributed by atoms with van der Waals surface area (Å²) < 4.78 is 8.94. The Labute approximate surface area is 297 Å². The van der Waals surface area contributed by atoms with Crippen molar-refractivity contribution >= 4 is 67.7 Å². The fraction of sp³-hybridized carbons (Fsp3) is 0.128. The van der Waals surface area contributed by atoms with E-state index in [0.29, 0.717) is 21.9 Å². The molecule has 3 aromatic heterocycles. The predicted octanol–water partition coefficient (Wildman–Crippen LogP) is 12.9. The van der Waals surface area contributed by atoms with Gasteiger partial charge in [-0.15, -0.1) is 0 Å². The van der Waals surface area contributed by atoms with Crippen LogP contribution in [0.1, 0.15) is 55.6 Å². The molecule has 250 valence electrons. The maximum atomic E-state index is 13.8. The van der Waals surface area contributed by atoms with Gasteiger partial charge in [0.1, 0.15) is 11.2 Å². The monoisotopic (exact) mass is 664 g/mol. The number of nitrogens with one attached hydrogen (secondary N) is 1. The average molecular weight is 665 g/mol. The van der Waals surface area contributed by atoms with Crippen LogP contribution in [0, 0.1) is 6.92 Å². The lowest BCUT2D eigenvalue weighted by Gasteiger charge is -2.13. The van der Waals surface area contributed by atoms with Gasteiger partial charge in [-0.2, -0.15) is 0 Å². The molecule has 4 nitrogen and oxygen atoms in total. The van der Waals surface area contributed by atoms with E-state index in [2.05, 4.69) is 116 Å². The topological polar surface area (TPSA) is 50.9 Å². The van der Waals surface area contributed by atoms with Crippen molar-refractivity contribution in [3.05, 3.63) is 155 Å². The van der Waals surface area contributed by atoms with Gasteiger partial charge in [-0.3, -0.25) is 4.79 Å². The lowest BCUT2D eigenvalue weighted by Crippen LogP contribution is -2.02. The third kappa shape index (κ3) is 5.63. The summed E-state index contributed by atoms with van der Waals surface area (Å²) in [5, 5.41) is 3.52. The van der Waals surface area contributed by atoms with Crippen molar-refractivity contribution in [3.63, 3.8) is 0 Å². The smallest absolute Gasteiger partial charge is 0.200 e. The SMILES string of the molecule is C=C/C=C\c1[nH]c2ccc(-c3ccc4c(=O)c5ccc(-c6ccc7c(c6)c6c(n7/C(=C/C)C/C=C\C)/C=C\CCC=C6)cc5oc4c3)cc2c1C. The molecule has 0 atom stereocenters. The van der Waals surface area contributed by atoms with Gasteiger partial charge in [0.2, 0.25) is 5.43 Å². The second kappa shape index (κ2) is 13.3. The van der Waals surface area contributed by atoms with Gasteiger partial charge in [0.25, 0.3) is 0 Å². The quantitative estimate of drug-likeness (QED) is 0.105. The van der Waals surface area contributed by atoms with E-state index in [1.54, 1.807) is 6.08 Å². The largest absolute Gasteiger partial charge is 0.456 e. The molecule has 0 saturated heterocycles. The van der Waals surface area contributed by atoms with E-state index in [1.807, 2.05) is 48.6 Å². The number of hydrogen-bond donors (Lipinski definition) is 1. The Kier molecular flexibility index (Phi) is 8.37. The fourth-order valence-electron chi connectivity index (χ4n) is 7.40. The molecule has 0 aliphatic heterocycles. The van der Waals surface area contributed by atoms with E-state index in [9.17, 15) is 4.79 Å². The van der Waals surface area contributed by atoms with Gasteiger partial charge in [0.15, 0.2) is 0 Å². The molecule has 7 aromatic rings. The van der Waals surface area contributed by atoms with Gasteiger partial charge in [0.05, 0.1) is 22.0 Å². The van der Waals surface area contributed by atoms with Crippen molar-refractivity contribution in [2.75, 3.05) is 0 Å². The number of benzene rings is 4. The second-order valence-corrected chi connectivity index (χ2v) is 13.2. The number of aromatic amines is 1. The molecule has 0 fully saturated rings. The highest BCUT2D eigenvalue weighted by Gasteiger charge is 2.18. The summed E-state index contributed by atoms with van der Waals surface area (Å²) in [6.07, 6.45) is 24.3. The Hall–Kier alpha value is -6.13. The van der Waals surface area contributed by atoms with Gasteiger partial charge in [-0.1, -0.05) is 79.5 Å². The number of allylic oxidation sites excluding steroid dienone is 8. The van der Waals surface area contributed by atoms with E-state index in [4.69, 9.17) is 4.42 Å². The van der Waals surface area contributed by atoms with E-state index in [0.717, 1.165) is 58.1 Å². The van der Waals surface area contributed by atoms with E-state index >= 15 is 0 Å². The summed E-state index contributed by atoms with van der Waals surface area (Å²) in [4.78, 5) is 17.2. The van der Waals surface area contributed by atoms with Crippen LogP contribution in [0.15, 0.2) is 131 Å². The van der Waals surface area contributed by atoms with Gasteiger partial charge in [-0.05, 0) is 122 Å². The van der Waals surface area contributed by atoms with Gasteiger partial charge < -0.3 is 14.0 Å². The minimum atomic E-state index is -0.0224. The Morgan fingerprint density at radius 1 is 0.824 bits per heavy atom. The average Bonchev–Trinajstić information content (AvgIpc) is 3.62. The number of hydrogen-bond acceptors (Lipinski definition) is 2. The molecule has 0 saturated carbocycles. The van der Waals surface area contributed by atoms with E-state index in [1.165, 1.54) is 33.4 Å². The van der Waals surface area contributed by atoms with Crippen LogP contribution in [0.2, 0.25) is 0 Å². The van der Waals surface area contributed by atoms with Gasteiger partial charge >= 0.3 is 0 Å². The molecule has 51 heavy (non-hydrogen) atoms. The summed E-state index contributed by atoms with van der Waals surface area (Å²) in [6, 6.07) is 24.9. The van der Waals surface area contributed by atoms with Crippen molar-refractivity contribution < 1.29 is 4.42 Å². The Balaban J connectivity index is 1.23. The van der Waals surface area contributed by atoms with Crippen molar-refractivity contribution in [1.82, 2.24) is 9.55 Å². The zero-order valence-electron chi connectivity index (χ0n) is 29.3. The van der Waals surface area contributed by atoms with Crippen molar-refractivity contribution in [2.24, 2.45) is 0 Å². The molecular weight excluding hydrogens is 625 g/mol. The number of rotatable bonds is 7. The maximum Gasteiger partial charge on any atom is 0.200 e. The first-order valence-electron chi connectivity index (χ1n) is 17.7. The van der Waals surface area contributed by atoms with Crippen LogP contribution in [0.25, 0.3) is 89.9 Å². The van der Waals surface area contributed by atoms with Gasteiger partial charge in [0, 0.05) is 39.7 Å². The van der Waals surface area contributed by atoms with Crippen LogP contribution in [-0.4, -0.2) is 9.55 Å². The first-order chi connectivity index (χ1) is 25.0. The zero-order chi connectivity index (χ0) is 35.1.